The minimum atomic E-state index is -1.66. The number of methoxy groups -OCH3 is 2. The molecule has 0 radical (unpaired) electrons. The van der Waals surface area contributed by atoms with Gasteiger partial charge in [-0.1, -0.05) is 42.3 Å². The van der Waals surface area contributed by atoms with E-state index < -0.39 is 29.6 Å². The van der Waals surface area contributed by atoms with Gasteiger partial charge >= 0.3 is 6.09 Å². The third kappa shape index (κ3) is 5.71. The van der Waals surface area contributed by atoms with E-state index in [4.69, 9.17) is 30.5 Å². The maximum atomic E-state index is 13.2. The fraction of sp³-hybridized carbons (Fsp3) is 0.571. The topological polar surface area (TPSA) is 110 Å². The van der Waals surface area contributed by atoms with Crippen LogP contribution in [0.15, 0.2) is 35.9 Å². The first kappa shape index (κ1) is 28.4. The number of aliphatic hydroxyl groups is 1. The smallest absolute Gasteiger partial charge is 0.409 e. The van der Waals surface area contributed by atoms with E-state index in [2.05, 4.69) is 5.32 Å². The Morgan fingerprint density at radius 2 is 2.00 bits per heavy atom. The van der Waals surface area contributed by atoms with Gasteiger partial charge in [0.2, 0.25) is 5.91 Å². The SMILES string of the molecule is COc1cc2cc(c1Cl)N(C)C(=O)CCC1(C)OC1[C@H](C)[C@@H]1C[C@@](O)(NC(=O)O1)[C@H](OC)/C=C/C=C(\C)C2. The van der Waals surface area contributed by atoms with Crippen LogP contribution in [0.1, 0.15) is 45.6 Å². The van der Waals surface area contributed by atoms with Crippen LogP contribution in [0, 0.1) is 5.92 Å². The van der Waals surface area contributed by atoms with Gasteiger partial charge in [-0.3, -0.25) is 10.1 Å². The van der Waals surface area contributed by atoms with Crippen LogP contribution in [0.3, 0.4) is 0 Å². The minimum absolute atomic E-state index is 0.104. The van der Waals surface area contributed by atoms with Gasteiger partial charge in [0.1, 0.15) is 23.0 Å². The summed E-state index contributed by atoms with van der Waals surface area (Å²) in [6.07, 6.45) is 4.46. The van der Waals surface area contributed by atoms with E-state index in [-0.39, 0.29) is 30.8 Å². The molecule has 4 rings (SSSR count). The molecule has 0 aliphatic carbocycles. The second kappa shape index (κ2) is 10.9. The molecule has 38 heavy (non-hydrogen) atoms. The number of fused-ring (bicyclic) bond motifs is 5. The first-order valence-electron chi connectivity index (χ1n) is 12.8. The van der Waals surface area contributed by atoms with Crippen LogP contribution in [0.5, 0.6) is 5.75 Å². The Kier molecular flexibility index (Phi) is 8.14. The third-order valence-electron chi connectivity index (χ3n) is 7.84. The summed E-state index contributed by atoms with van der Waals surface area (Å²) in [6.45, 7) is 5.85. The lowest BCUT2D eigenvalue weighted by Gasteiger charge is -2.42. The molecule has 2 amide bonds. The van der Waals surface area contributed by atoms with E-state index in [1.54, 1.807) is 31.2 Å². The van der Waals surface area contributed by atoms with Crippen molar-refractivity contribution in [3.8, 4) is 5.75 Å². The molecule has 2 N–H and O–H groups in total. The number of anilines is 1. The number of ether oxygens (including phenoxy) is 4. The zero-order chi connectivity index (χ0) is 27.8. The van der Waals surface area contributed by atoms with Crippen LogP contribution in [0.2, 0.25) is 5.02 Å². The van der Waals surface area contributed by atoms with Crippen LogP contribution in [-0.4, -0.2) is 68.0 Å². The second-order valence-electron chi connectivity index (χ2n) is 10.7. The minimum Gasteiger partial charge on any atom is -0.495 e. The molecule has 0 spiro atoms. The zero-order valence-electron chi connectivity index (χ0n) is 22.7. The number of nitrogens with zero attached hydrogens (tertiary/aromatic N) is 1. The molecule has 0 aromatic heterocycles. The summed E-state index contributed by atoms with van der Waals surface area (Å²) in [5, 5.41) is 14.3. The molecule has 9 nitrogen and oxygen atoms in total. The summed E-state index contributed by atoms with van der Waals surface area (Å²) >= 11 is 6.61. The van der Waals surface area contributed by atoms with Crippen molar-refractivity contribution < 1.29 is 33.6 Å². The number of carbonyl (C=O) groups excluding carboxylic acids is 2. The van der Waals surface area contributed by atoms with E-state index in [0.717, 1.165) is 11.1 Å². The molecule has 3 aliphatic heterocycles. The third-order valence-corrected chi connectivity index (χ3v) is 8.22. The Hall–Kier alpha value is -2.59. The van der Waals surface area contributed by atoms with E-state index in [0.29, 0.717) is 29.3 Å². The predicted octanol–water partition coefficient (Wildman–Crippen LogP) is 4.15. The zero-order valence-corrected chi connectivity index (χ0v) is 23.5. The molecule has 2 unspecified atom stereocenters. The van der Waals surface area contributed by atoms with Crippen molar-refractivity contribution in [3.63, 3.8) is 0 Å². The molecule has 2 fully saturated rings. The second-order valence-corrected chi connectivity index (χ2v) is 11.1. The van der Waals surface area contributed by atoms with Crippen molar-refractivity contribution in [2.24, 2.45) is 5.92 Å². The van der Waals surface area contributed by atoms with Gasteiger partial charge in [-0.25, -0.2) is 4.79 Å². The molecule has 1 aromatic carbocycles. The summed E-state index contributed by atoms with van der Waals surface area (Å²) in [5.74, 6) is 0.170. The van der Waals surface area contributed by atoms with E-state index >= 15 is 0 Å². The Balaban J connectivity index is 1.71. The van der Waals surface area contributed by atoms with Crippen molar-refractivity contribution in [2.75, 3.05) is 26.2 Å². The number of hydrogen-bond acceptors (Lipinski definition) is 7. The van der Waals surface area contributed by atoms with Crippen molar-refractivity contribution >= 4 is 29.3 Å². The summed E-state index contributed by atoms with van der Waals surface area (Å²) < 4.78 is 22.7. The fourth-order valence-electron chi connectivity index (χ4n) is 5.46. The van der Waals surface area contributed by atoms with Crippen molar-refractivity contribution in [1.82, 2.24) is 5.32 Å². The summed E-state index contributed by atoms with van der Waals surface area (Å²) in [5.41, 5.74) is 0.297. The fourth-order valence-corrected chi connectivity index (χ4v) is 5.78. The lowest BCUT2D eigenvalue weighted by molar-refractivity contribution is -0.142. The predicted molar refractivity (Wildman–Crippen MR) is 143 cm³/mol. The molecule has 1 aromatic rings. The average molecular weight is 549 g/mol. The van der Waals surface area contributed by atoms with Crippen LogP contribution < -0.4 is 15.0 Å². The van der Waals surface area contributed by atoms with Crippen LogP contribution in [0.4, 0.5) is 10.5 Å². The van der Waals surface area contributed by atoms with E-state index in [1.807, 2.05) is 39.0 Å². The number of nitrogens with one attached hydrogen (secondary N) is 1. The molecule has 3 heterocycles. The van der Waals surface area contributed by atoms with Gasteiger partial charge in [-0.15, -0.1) is 0 Å². The molecule has 2 saturated heterocycles. The Bertz CT molecular complexity index is 1150. The summed E-state index contributed by atoms with van der Waals surface area (Å²) in [4.78, 5) is 27.2. The molecule has 10 heteroatoms. The molecule has 6 atom stereocenters. The Morgan fingerprint density at radius 1 is 1.26 bits per heavy atom. The standard InChI is InChI=1S/C28H37ClN2O7/c1-16-8-7-9-22(36-6)28(34)15-21(37-26(33)30-28)17(2)25-27(3,38-25)11-10-23(32)31(4)19-13-18(12-16)14-20(35-5)24(19)29/h7-9,13-14,17,21-22,25,34H,10-12,15H2,1-6H3,(H,30,33)/b9-7+,16-8+/t17-,21+,22-,25?,27?,28+/m1/s1. The lowest BCUT2D eigenvalue weighted by atomic mass is 9.84. The summed E-state index contributed by atoms with van der Waals surface area (Å²) in [7, 11) is 4.73. The average Bonchev–Trinajstić information content (AvgIpc) is 3.55. The number of amides is 2. The number of hydrogen-bond donors (Lipinski definition) is 2. The molecule has 3 aliphatic rings. The van der Waals surface area contributed by atoms with Crippen molar-refractivity contribution in [1.29, 1.82) is 0 Å². The maximum Gasteiger partial charge on any atom is 0.409 e. The van der Waals surface area contributed by atoms with E-state index in [9.17, 15) is 14.7 Å². The number of carbonyl (C=O) groups is 2. The first-order valence-corrected chi connectivity index (χ1v) is 13.2. The van der Waals surface area contributed by atoms with Gasteiger partial charge in [0.25, 0.3) is 0 Å². The quantitative estimate of drug-likeness (QED) is 0.534. The highest BCUT2D eigenvalue weighted by Crippen LogP contribution is 2.48. The maximum absolute atomic E-state index is 13.2. The van der Waals surface area contributed by atoms with Gasteiger partial charge in [0.05, 0.1) is 24.5 Å². The number of benzene rings is 1. The molecule has 4 bridgehead atoms. The van der Waals surface area contributed by atoms with Gasteiger partial charge in [-0.2, -0.15) is 0 Å². The molecule has 208 valence electrons. The van der Waals surface area contributed by atoms with Gasteiger partial charge in [0.15, 0.2) is 5.72 Å². The van der Waals surface area contributed by atoms with Gasteiger partial charge in [0, 0.05) is 32.9 Å². The van der Waals surface area contributed by atoms with Crippen LogP contribution in [-0.2, 0) is 25.4 Å². The normalized spacial score (nSPS) is 36.3. The molecular weight excluding hydrogens is 512 g/mol. The highest BCUT2D eigenvalue weighted by Gasteiger charge is 2.58. The number of rotatable bonds is 2. The number of alkyl carbamates (subject to hydrolysis) is 1. The highest BCUT2D eigenvalue weighted by atomic mass is 35.5. The van der Waals surface area contributed by atoms with Crippen LogP contribution >= 0.6 is 11.6 Å². The van der Waals surface area contributed by atoms with Gasteiger partial charge < -0.3 is 29.0 Å². The summed E-state index contributed by atoms with van der Waals surface area (Å²) in [6, 6.07) is 3.76. The Morgan fingerprint density at radius 3 is 2.68 bits per heavy atom. The van der Waals surface area contributed by atoms with Gasteiger partial charge in [-0.05, 0) is 44.4 Å². The monoisotopic (exact) mass is 548 g/mol. The molecular formula is C28H37ClN2O7. The highest BCUT2D eigenvalue weighted by molar-refractivity contribution is 6.35. The number of allylic oxidation sites excluding steroid dienone is 3. The first-order chi connectivity index (χ1) is 17.9. The van der Waals surface area contributed by atoms with Crippen molar-refractivity contribution in [2.45, 2.75) is 76.1 Å². The lowest BCUT2D eigenvalue weighted by Crippen LogP contribution is -2.63. The Labute approximate surface area is 228 Å². The number of epoxide rings is 1. The number of halogens is 1. The van der Waals surface area contributed by atoms with E-state index in [1.165, 1.54) is 7.11 Å². The molecule has 0 saturated carbocycles. The largest absolute Gasteiger partial charge is 0.495 e. The van der Waals surface area contributed by atoms with Crippen LogP contribution in [0.25, 0.3) is 0 Å². The van der Waals surface area contributed by atoms with Crippen molar-refractivity contribution in [3.05, 3.63) is 46.5 Å².